The molecule has 0 saturated heterocycles. The van der Waals surface area contributed by atoms with Crippen molar-refractivity contribution in [3.8, 4) is 0 Å². The Morgan fingerprint density at radius 3 is 1.88 bits per heavy atom. The van der Waals surface area contributed by atoms with Crippen LogP contribution in [0.4, 0.5) is 0 Å². The number of carbonyl (C=O) groups is 4. The summed E-state index contributed by atoms with van der Waals surface area (Å²) < 4.78 is 0. The third-order valence-corrected chi connectivity index (χ3v) is 4.05. The van der Waals surface area contributed by atoms with Crippen LogP contribution in [0.1, 0.15) is 32.6 Å². The second kappa shape index (κ2) is 15.2. The van der Waals surface area contributed by atoms with E-state index in [2.05, 4.69) is 25.9 Å². The van der Waals surface area contributed by atoms with Crippen LogP contribution in [0.2, 0.25) is 0 Å². The average Bonchev–Trinajstić information content (AvgIpc) is 2.70. The van der Waals surface area contributed by atoms with E-state index in [0.29, 0.717) is 25.8 Å². The topological polar surface area (TPSA) is 279 Å². The van der Waals surface area contributed by atoms with Crippen LogP contribution in [0.15, 0.2) is 9.98 Å². The number of aliphatic imine (C=N–C) groups is 2. The van der Waals surface area contributed by atoms with Crippen molar-refractivity contribution < 1.29 is 24.3 Å². The van der Waals surface area contributed by atoms with E-state index in [9.17, 15) is 19.2 Å². The lowest BCUT2D eigenvalue weighted by atomic mass is 10.1. The highest BCUT2D eigenvalue weighted by Crippen LogP contribution is 2.01. The van der Waals surface area contributed by atoms with Gasteiger partial charge in [0.1, 0.15) is 18.6 Å². The van der Waals surface area contributed by atoms with Crippen LogP contribution >= 0.6 is 0 Å². The molecule has 0 bridgehead atoms. The highest BCUT2D eigenvalue weighted by Gasteiger charge is 2.25. The summed E-state index contributed by atoms with van der Waals surface area (Å²) in [4.78, 5) is 55.1. The standard InChI is InChI=1S/C17H34N10O5/c1-9(26-14(31)10(18)4-2-6-23-16(19)20)13(30)27-11(5-3-7-24-17(21)22)15(32)25-8-12(28)29/h9-11H,2-8,18H2,1H3,(H,25,32)(H,26,31)(H,27,30)(H,28,29)(H4,19,20,23)(H4,21,22,24). The molecule has 0 aromatic heterocycles. The van der Waals surface area contributed by atoms with Gasteiger partial charge in [-0.1, -0.05) is 0 Å². The van der Waals surface area contributed by atoms with Crippen LogP contribution in [0.3, 0.4) is 0 Å². The molecule has 0 saturated carbocycles. The van der Waals surface area contributed by atoms with E-state index in [1.807, 2.05) is 0 Å². The monoisotopic (exact) mass is 458 g/mol. The maximum Gasteiger partial charge on any atom is 0.322 e. The molecular formula is C17H34N10O5. The molecule has 0 heterocycles. The molecule has 0 radical (unpaired) electrons. The molecule has 0 spiro atoms. The summed E-state index contributed by atoms with van der Waals surface area (Å²) in [6.07, 6.45) is 1.24. The fraction of sp³-hybridized carbons (Fsp3) is 0.647. The van der Waals surface area contributed by atoms with Gasteiger partial charge in [-0.2, -0.15) is 0 Å². The van der Waals surface area contributed by atoms with Crippen molar-refractivity contribution in [2.45, 2.75) is 50.7 Å². The number of hydrogen-bond donors (Lipinski definition) is 9. The van der Waals surface area contributed by atoms with Crippen molar-refractivity contribution in [2.24, 2.45) is 38.7 Å². The highest BCUT2D eigenvalue weighted by atomic mass is 16.4. The molecule has 3 amide bonds. The van der Waals surface area contributed by atoms with Gasteiger partial charge in [-0.25, -0.2) is 0 Å². The van der Waals surface area contributed by atoms with Crippen molar-refractivity contribution in [1.82, 2.24) is 16.0 Å². The van der Waals surface area contributed by atoms with Gasteiger partial charge in [-0.05, 0) is 32.6 Å². The minimum atomic E-state index is -1.24. The molecule has 3 unspecified atom stereocenters. The van der Waals surface area contributed by atoms with E-state index in [0.717, 1.165) is 0 Å². The van der Waals surface area contributed by atoms with Gasteiger partial charge in [0, 0.05) is 13.1 Å². The fourth-order valence-corrected chi connectivity index (χ4v) is 2.39. The Hall–Kier alpha value is -3.62. The number of carboxylic acids is 1. The van der Waals surface area contributed by atoms with Crippen LogP contribution in [-0.2, 0) is 19.2 Å². The molecule has 0 fully saturated rings. The van der Waals surface area contributed by atoms with Gasteiger partial charge in [-0.15, -0.1) is 0 Å². The van der Waals surface area contributed by atoms with Gasteiger partial charge in [0.25, 0.3) is 0 Å². The Morgan fingerprint density at radius 2 is 1.38 bits per heavy atom. The molecule has 15 heteroatoms. The number of nitrogens with one attached hydrogen (secondary N) is 3. The number of nitrogens with two attached hydrogens (primary N) is 5. The summed E-state index contributed by atoms with van der Waals surface area (Å²) in [5, 5.41) is 15.9. The molecule has 0 aromatic carbocycles. The lowest BCUT2D eigenvalue weighted by Crippen LogP contribution is -2.55. The van der Waals surface area contributed by atoms with Gasteiger partial charge >= 0.3 is 5.97 Å². The first-order valence-electron chi connectivity index (χ1n) is 9.90. The summed E-state index contributed by atoms with van der Waals surface area (Å²) in [5.74, 6) is -3.32. The molecule has 0 rings (SSSR count). The van der Waals surface area contributed by atoms with E-state index in [1.165, 1.54) is 6.92 Å². The van der Waals surface area contributed by atoms with Crippen LogP contribution in [0.25, 0.3) is 0 Å². The fourth-order valence-electron chi connectivity index (χ4n) is 2.39. The van der Waals surface area contributed by atoms with Crippen LogP contribution in [0.5, 0.6) is 0 Å². The molecule has 0 aliphatic heterocycles. The second-order valence-corrected chi connectivity index (χ2v) is 6.91. The molecule has 0 aliphatic rings. The second-order valence-electron chi connectivity index (χ2n) is 6.91. The lowest BCUT2D eigenvalue weighted by molar-refractivity contribution is -0.138. The molecule has 0 aromatic rings. The molecule has 0 aliphatic carbocycles. The van der Waals surface area contributed by atoms with Crippen LogP contribution in [0, 0.1) is 0 Å². The predicted molar refractivity (Wildman–Crippen MR) is 118 cm³/mol. The van der Waals surface area contributed by atoms with Gasteiger partial charge in [-0.3, -0.25) is 29.2 Å². The molecule has 15 nitrogen and oxygen atoms in total. The Balaban J connectivity index is 4.80. The van der Waals surface area contributed by atoms with Crippen LogP contribution < -0.4 is 44.6 Å². The summed E-state index contributed by atoms with van der Waals surface area (Å²) in [6.45, 7) is 1.33. The summed E-state index contributed by atoms with van der Waals surface area (Å²) in [7, 11) is 0. The van der Waals surface area contributed by atoms with Gasteiger partial charge < -0.3 is 49.7 Å². The largest absolute Gasteiger partial charge is 0.480 e. The maximum absolute atomic E-state index is 12.5. The zero-order valence-corrected chi connectivity index (χ0v) is 18.0. The Labute approximate surface area is 185 Å². The predicted octanol–water partition coefficient (Wildman–Crippen LogP) is -4.39. The number of guanidine groups is 2. The number of carboxylic acid groups (broad SMARTS) is 1. The molecule has 182 valence electrons. The summed E-state index contributed by atoms with van der Waals surface area (Å²) in [5.41, 5.74) is 26.7. The summed E-state index contributed by atoms with van der Waals surface area (Å²) in [6, 6.07) is -2.93. The molecular weight excluding hydrogens is 424 g/mol. The van der Waals surface area contributed by atoms with Crippen LogP contribution in [-0.4, -0.2) is 78.5 Å². The number of nitrogens with zero attached hydrogens (tertiary/aromatic N) is 2. The van der Waals surface area contributed by atoms with Gasteiger partial charge in [0.15, 0.2) is 11.9 Å². The molecule has 3 atom stereocenters. The number of rotatable bonds is 15. The minimum Gasteiger partial charge on any atom is -0.480 e. The normalized spacial score (nSPS) is 13.1. The Morgan fingerprint density at radius 1 is 0.844 bits per heavy atom. The first kappa shape index (κ1) is 28.4. The quantitative estimate of drug-likeness (QED) is 0.0645. The maximum atomic E-state index is 12.5. The number of carbonyl (C=O) groups excluding carboxylic acids is 3. The highest BCUT2D eigenvalue weighted by molar-refractivity contribution is 5.93. The summed E-state index contributed by atoms with van der Waals surface area (Å²) >= 11 is 0. The Bertz CT molecular complexity index is 704. The third kappa shape index (κ3) is 13.6. The first-order valence-corrected chi connectivity index (χ1v) is 9.90. The van der Waals surface area contributed by atoms with E-state index < -0.39 is 48.4 Å². The van der Waals surface area contributed by atoms with E-state index in [-0.39, 0.29) is 24.9 Å². The number of aliphatic carboxylic acids is 1. The van der Waals surface area contributed by atoms with Crippen molar-refractivity contribution in [2.75, 3.05) is 19.6 Å². The smallest absolute Gasteiger partial charge is 0.322 e. The molecule has 32 heavy (non-hydrogen) atoms. The third-order valence-electron chi connectivity index (χ3n) is 4.05. The van der Waals surface area contributed by atoms with E-state index in [4.69, 9.17) is 33.8 Å². The van der Waals surface area contributed by atoms with Crippen molar-refractivity contribution >= 4 is 35.6 Å². The zero-order valence-electron chi connectivity index (χ0n) is 18.0. The zero-order chi connectivity index (χ0) is 24.7. The van der Waals surface area contributed by atoms with Gasteiger partial charge in [0.05, 0.1) is 6.04 Å². The van der Waals surface area contributed by atoms with E-state index >= 15 is 0 Å². The lowest BCUT2D eigenvalue weighted by Gasteiger charge is -2.22. The SMILES string of the molecule is CC(NC(=O)C(N)CCCN=C(N)N)C(=O)NC(CCCN=C(N)N)C(=O)NCC(=O)O. The van der Waals surface area contributed by atoms with Crippen molar-refractivity contribution in [3.63, 3.8) is 0 Å². The Kier molecular flexibility index (Phi) is 13.5. The average molecular weight is 459 g/mol. The number of amides is 3. The molecule has 14 N–H and O–H groups in total. The van der Waals surface area contributed by atoms with E-state index in [1.54, 1.807) is 0 Å². The van der Waals surface area contributed by atoms with Crippen molar-refractivity contribution in [3.05, 3.63) is 0 Å². The minimum absolute atomic E-state index is 0.0615. The first-order chi connectivity index (χ1) is 14.9. The number of hydrogen-bond acceptors (Lipinski definition) is 7. The van der Waals surface area contributed by atoms with Crippen molar-refractivity contribution in [1.29, 1.82) is 0 Å². The van der Waals surface area contributed by atoms with Gasteiger partial charge in [0.2, 0.25) is 17.7 Å².